The first kappa shape index (κ1) is 15.1. The molecule has 1 unspecified atom stereocenters. The van der Waals surface area contributed by atoms with E-state index in [1.165, 1.54) is 0 Å². The van der Waals surface area contributed by atoms with E-state index in [1.54, 1.807) is 6.07 Å². The predicted molar refractivity (Wildman–Crippen MR) is 82.4 cm³/mol. The Bertz CT molecular complexity index is 535. The van der Waals surface area contributed by atoms with Crippen molar-refractivity contribution < 1.29 is 19.4 Å². The molecule has 0 aromatic heterocycles. The summed E-state index contributed by atoms with van der Waals surface area (Å²) in [6.07, 6.45) is 2.28. The minimum Gasteiger partial charge on any atom is -0.490 e. The van der Waals surface area contributed by atoms with Crippen LogP contribution in [0.5, 0.6) is 11.5 Å². The van der Waals surface area contributed by atoms with Crippen molar-refractivity contribution in [3.63, 3.8) is 0 Å². The summed E-state index contributed by atoms with van der Waals surface area (Å²) in [5.74, 6) is 1.31. The molecule has 0 bridgehead atoms. The van der Waals surface area contributed by atoms with Gasteiger partial charge in [-0.2, -0.15) is 0 Å². The third-order valence-corrected chi connectivity index (χ3v) is 3.88. The smallest absolute Gasteiger partial charge is 0.238 e. The fourth-order valence-electron chi connectivity index (χ4n) is 2.82. The van der Waals surface area contributed by atoms with Crippen molar-refractivity contribution in [2.75, 3.05) is 38.2 Å². The molecule has 6 nitrogen and oxygen atoms in total. The van der Waals surface area contributed by atoms with Crippen LogP contribution in [0.3, 0.4) is 0 Å². The van der Waals surface area contributed by atoms with Gasteiger partial charge in [-0.25, -0.2) is 0 Å². The molecule has 1 aromatic carbocycles. The maximum Gasteiger partial charge on any atom is 0.238 e. The van der Waals surface area contributed by atoms with E-state index >= 15 is 0 Å². The molecular formula is C16H22N2O4. The number of ether oxygens (including phenoxy) is 2. The number of β-amino-alcohol motifs (C(OH)–C–C–N with tert-alkyl or cyclic N) is 1. The van der Waals surface area contributed by atoms with Crippen LogP contribution in [0.15, 0.2) is 18.2 Å². The molecule has 2 aliphatic rings. The zero-order valence-electron chi connectivity index (χ0n) is 12.6. The standard InChI is InChI=1S/C16H22N2O4/c19-13-3-1-6-18(10-13)11-16(20)17-12-4-5-14-15(9-12)22-8-2-7-21-14/h4-5,9,13,19H,1-3,6-8,10-11H2,(H,17,20). The molecule has 1 fully saturated rings. The number of amides is 1. The molecule has 3 rings (SSSR count). The average Bonchev–Trinajstić information content (AvgIpc) is 2.72. The molecule has 6 heteroatoms. The Morgan fingerprint density at radius 1 is 1.27 bits per heavy atom. The number of nitrogens with one attached hydrogen (secondary N) is 1. The van der Waals surface area contributed by atoms with E-state index in [0.717, 1.165) is 31.6 Å². The van der Waals surface area contributed by atoms with Gasteiger partial charge in [0, 0.05) is 24.7 Å². The van der Waals surface area contributed by atoms with Crippen LogP contribution >= 0.6 is 0 Å². The van der Waals surface area contributed by atoms with Crippen molar-refractivity contribution in [3.8, 4) is 11.5 Å². The van der Waals surface area contributed by atoms with E-state index in [1.807, 2.05) is 17.0 Å². The number of benzene rings is 1. The van der Waals surface area contributed by atoms with Gasteiger partial charge in [-0.05, 0) is 31.5 Å². The lowest BCUT2D eigenvalue weighted by Gasteiger charge is -2.29. The van der Waals surface area contributed by atoms with Gasteiger partial charge in [-0.15, -0.1) is 0 Å². The predicted octanol–water partition coefficient (Wildman–Crippen LogP) is 1.24. The van der Waals surface area contributed by atoms with Crippen LogP contribution in [0.2, 0.25) is 0 Å². The van der Waals surface area contributed by atoms with E-state index in [0.29, 0.717) is 37.7 Å². The largest absolute Gasteiger partial charge is 0.490 e. The topological polar surface area (TPSA) is 71.0 Å². The maximum atomic E-state index is 12.1. The lowest BCUT2D eigenvalue weighted by atomic mass is 10.1. The van der Waals surface area contributed by atoms with E-state index in [4.69, 9.17) is 9.47 Å². The molecule has 1 atom stereocenters. The summed E-state index contributed by atoms with van der Waals surface area (Å²) < 4.78 is 11.2. The highest BCUT2D eigenvalue weighted by Crippen LogP contribution is 2.32. The number of likely N-dealkylation sites (tertiary alicyclic amines) is 1. The van der Waals surface area contributed by atoms with Gasteiger partial charge in [-0.1, -0.05) is 0 Å². The summed E-state index contributed by atoms with van der Waals surface area (Å²) in [6, 6.07) is 5.43. The number of carbonyl (C=O) groups excluding carboxylic acids is 1. The summed E-state index contributed by atoms with van der Waals surface area (Å²) in [5, 5.41) is 12.5. The Kier molecular flexibility index (Phi) is 4.80. The van der Waals surface area contributed by atoms with Crippen molar-refractivity contribution in [1.29, 1.82) is 0 Å². The Balaban J connectivity index is 1.58. The summed E-state index contributed by atoms with van der Waals surface area (Å²) in [6.45, 7) is 2.98. The molecule has 0 radical (unpaired) electrons. The van der Waals surface area contributed by atoms with E-state index in [-0.39, 0.29) is 12.0 Å². The van der Waals surface area contributed by atoms with Crippen LogP contribution in [-0.2, 0) is 4.79 Å². The molecule has 1 aromatic rings. The van der Waals surface area contributed by atoms with Gasteiger partial charge in [-0.3, -0.25) is 9.69 Å². The van der Waals surface area contributed by atoms with Gasteiger partial charge in [0.05, 0.1) is 25.9 Å². The summed E-state index contributed by atoms with van der Waals surface area (Å²) in [7, 11) is 0. The molecule has 2 heterocycles. The molecule has 1 amide bonds. The summed E-state index contributed by atoms with van der Waals surface area (Å²) in [4.78, 5) is 14.1. The Hall–Kier alpha value is -1.79. The molecule has 120 valence electrons. The lowest BCUT2D eigenvalue weighted by molar-refractivity contribution is -0.118. The first-order valence-electron chi connectivity index (χ1n) is 7.80. The average molecular weight is 306 g/mol. The van der Waals surface area contributed by atoms with Crippen LogP contribution in [0.4, 0.5) is 5.69 Å². The molecular weight excluding hydrogens is 284 g/mol. The molecule has 0 saturated carbocycles. The van der Waals surface area contributed by atoms with Crippen LogP contribution in [0, 0.1) is 0 Å². The number of aliphatic hydroxyl groups is 1. The monoisotopic (exact) mass is 306 g/mol. The van der Waals surface area contributed by atoms with Gasteiger partial charge in [0.15, 0.2) is 11.5 Å². The van der Waals surface area contributed by atoms with Crippen molar-refractivity contribution >= 4 is 11.6 Å². The molecule has 0 aliphatic carbocycles. The highest BCUT2D eigenvalue weighted by molar-refractivity contribution is 5.92. The number of piperidine rings is 1. The highest BCUT2D eigenvalue weighted by atomic mass is 16.5. The number of hydrogen-bond donors (Lipinski definition) is 2. The molecule has 22 heavy (non-hydrogen) atoms. The third kappa shape index (κ3) is 3.90. The Labute approximate surface area is 130 Å². The number of carbonyl (C=O) groups is 1. The normalized spacial score (nSPS) is 22.0. The van der Waals surface area contributed by atoms with Gasteiger partial charge < -0.3 is 19.9 Å². The number of fused-ring (bicyclic) bond motifs is 1. The summed E-state index contributed by atoms with van der Waals surface area (Å²) in [5.41, 5.74) is 0.701. The van der Waals surface area contributed by atoms with Gasteiger partial charge in [0.1, 0.15) is 0 Å². The lowest BCUT2D eigenvalue weighted by Crippen LogP contribution is -2.42. The maximum absolute atomic E-state index is 12.1. The summed E-state index contributed by atoms with van der Waals surface area (Å²) >= 11 is 0. The third-order valence-electron chi connectivity index (χ3n) is 3.88. The quantitative estimate of drug-likeness (QED) is 0.879. The minimum atomic E-state index is -0.320. The van der Waals surface area contributed by atoms with E-state index < -0.39 is 0 Å². The van der Waals surface area contributed by atoms with Crippen LogP contribution < -0.4 is 14.8 Å². The van der Waals surface area contributed by atoms with Gasteiger partial charge in [0.2, 0.25) is 5.91 Å². The minimum absolute atomic E-state index is 0.0800. The molecule has 1 saturated heterocycles. The molecule has 0 spiro atoms. The number of rotatable bonds is 3. The van der Waals surface area contributed by atoms with Crippen molar-refractivity contribution in [2.24, 2.45) is 0 Å². The molecule has 2 N–H and O–H groups in total. The molecule has 2 aliphatic heterocycles. The van der Waals surface area contributed by atoms with Crippen LogP contribution in [-0.4, -0.2) is 54.9 Å². The highest BCUT2D eigenvalue weighted by Gasteiger charge is 2.20. The number of nitrogens with zero attached hydrogens (tertiary/aromatic N) is 1. The Morgan fingerprint density at radius 2 is 2.09 bits per heavy atom. The van der Waals surface area contributed by atoms with Crippen LogP contribution in [0.25, 0.3) is 0 Å². The number of aliphatic hydroxyl groups excluding tert-OH is 1. The SMILES string of the molecule is O=C(CN1CCCC(O)C1)Nc1ccc2c(c1)OCCCO2. The van der Waals surface area contributed by atoms with Crippen molar-refractivity contribution in [1.82, 2.24) is 4.90 Å². The Morgan fingerprint density at radius 3 is 2.91 bits per heavy atom. The second-order valence-corrected chi connectivity index (χ2v) is 5.79. The zero-order chi connectivity index (χ0) is 15.4. The van der Waals surface area contributed by atoms with Crippen molar-refractivity contribution in [3.05, 3.63) is 18.2 Å². The van der Waals surface area contributed by atoms with Gasteiger partial charge in [0.25, 0.3) is 0 Å². The fraction of sp³-hybridized carbons (Fsp3) is 0.562. The first-order chi connectivity index (χ1) is 10.7. The number of hydrogen-bond acceptors (Lipinski definition) is 5. The van der Waals surface area contributed by atoms with Crippen molar-refractivity contribution in [2.45, 2.75) is 25.4 Å². The van der Waals surface area contributed by atoms with Crippen LogP contribution in [0.1, 0.15) is 19.3 Å². The fourth-order valence-corrected chi connectivity index (χ4v) is 2.82. The number of anilines is 1. The van der Waals surface area contributed by atoms with E-state index in [9.17, 15) is 9.90 Å². The second-order valence-electron chi connectivity index (χ2n) is 5.79. The van der Waals surface area contributed by atoms with Gasteiger partial charge >= 0.3 is 0 Å². The first-order valence-corrected chi connectivity index (χ1v) is 7.80. The zero-order valence-corrected chi connectivity index (χ0v) is 12.6. The van der Waals surface area contributed by atoms with E-state index in [2.05, 4.69) is 5.32 Å². The second kappa shape index (κ2) is 6.98.